The summed E-state index contributed by atoms with van der Waals surface area (Å²) in [7, 11) is 0. The number of nitriles is 1. The Hall–Kier alpha value is -1.04. The van der Waals surface area contributed by atoms with Crippen LogP contribution in [-0.4, -0.2) is 12.5 Å². The summed E-state index contributed by atoms with van der Waals surface area (Å²) in [5.74, 6) is 0.659. The molecule has 0 spiro atoms. The summed E-state index contributed by atoms with van der Waals surface area (Å²) in [5, 5.41) is 11.4. The van der Waals surface area contributed by atoms with Crippen molar-refractivity contribution in [2.45, 2.75) is 40.0 Å². The van der Waals surface area contributed by atoms with Crippen LogP contribution < -0.4 is 5.32 Å². The summed E-state index contributed by atoms with van der Waals surface area (Å²) in [6.07, 6.45) is 2.14. The van der Waals surface area contributed by atoms with Gasteiger partial charge in [0.1, 0.15) is 0 Å². The fraction of sp³-hybridized carbons (Fsp3) is 0.818. The predicted molar refractivity (Wildman–Crippen MR) is 56.5 cm³/mol. The third kappa shape index (κ3) is 7.60. The Balaban J connectivity index is 3.43. The van der Waals surface area contributed by atoms with Crippen molar-refractivity contribution in [3.63, 3.8) is 0 Å². The molecule has 0 aromatic carbocycles. The molecule has 0 aromatic rings. The molecule has 14 heavy (non-hydrogen) atoms. The van der Waals surface area contributed by atoms with E-state index in [1.165, 1.54) is 0 Å². The quantitative estimate of drug-likeness (QED) is 0.707. The highest BCUT2D eigenvalue weighted by Gasteiger charge is 2.05. The fourth-order valence-corrected chi connectivity index (χ4v) is 1.00. The van der Waals surface area contributed by atoms with Gasteiger partial charge in [-0.25, -0.2) is 0 Å². The Kier molecular flexibility index (Phi) is 6.82. The highest BCUT2D eigenvalue weighted by Crippen LogP contribution is 2.03. The molecule has 0 fully saturated rings. The minimum atomic E-state index is -0.0224. The van der Waals surface area contributed by atoms with E-state index in [0.717, 1.165) is 13.0 Å². The van der Waals surface area contributed by atoms with Gasteiger partial charge >= 0.3 is 0 Å². The third-order valence-corrected chi connectivity index (χ3v) is 2.07. The van der Waals surface area contributed by atoms with E-state index in [0.29, 0.717) is 18.8 Å². The van der Waals surface area contributed by atoms with Crippen LogP contribution in [0, 0.1) is 23.2 Å². The van der Waals surface area contributed by atoms with Crippen molar-refractivity contribution in [2.24, 2.45) is 11.8 Å². The number of carbonyl (C=O) groups excluding carboxylic acids is 1. The van der Waals surface area contributed by atoms with E-state index in [1.54, 1.807) is 0 Å². The summed E-state index contributed by atoms with van der Waals surface area (Å²) in [6.45, 7) is 6.84. The molecule has 1 unspecified atom stereocenters. The second-order valence-corrected chi connectivity index (χ2v) is 4.10. The van der Waals surface area contributed by atoms with Crippen molar-refractivity contribution >= 4 is 5.91 Å². The number of rotatable bonds is 6. The molecule has 0 bridgehead atoms. The predicted octanol–water partition coefficient (Wildman–Crippen LogP) is 2.09. The molecule has 0 aliphatic rings. The molecule has 0 rings (SSSR count). The van der Waals surface area contributed by atoms with Gasteiger partial charge in [0.2, 0.25) is 5.91 Å². The van der Waals surface area contributed by atoms with Crippen molar-refractivity contribution in [2.75, 3.05) is 6.54 Å². The maximum atomic E-state index is 11.2. The van der Waals surface area contributed by atoms with Crippen LogP contribution in [0.1, 0.15) is 40.0 Å². The van der Waals surface area contributed by atoms with Gasteiger partial charge in [0.15, 0.2) is 0 Å². The van der Waals surface area contributed by atoms with Gasteiger partial charge in [0.05, 0.1) is 6.07 Å². The van der Waals surface area contributed by atoms with Crippen LogP contribution in [0.2, 0.25) is 0 Å². The summed E-state index contributed by atoms with van der Waals surface area (Å²) in [4.78, 5) is 11.2. The maximum absolute atomic E-state index is 11.2. The molecule has 0 radical (unpaired) electrons. The topological polar surface area (TPSA) is 52.9 Å². The smallest absolute Gasteiger partial charge is 0.220 e. The first-order valence-electron chi connectivity index (χ1n) is 5.22. The van der Waals surface area contributed by atoms with Crippen LogP contribution in [0.15, 0.2) is 0 Å². The Labute approximate surface area is 86.5 Å². The largest absolute Gasteiger partial charge is 0.356 e. The lowest BCUT2D eigenvalue weighted by molar-refractivity contribution is -0.121. The standard InChI is InChI=1S/C11H20N2O/c1-9(2)6-7-13-11(14)5-4-10(3)8-12/h9-10H,4-7H2,1-3H3,(H,13,14). The van der Waals surface area contributed by atoms with Crippen molar-refractivity contribution < 1.29 is 4.79 Å². The highest BCUT2D eigenvalue weighted by molar-refractivity contribution is 5.75. The van der Waals surface area contributed by atoms with Crippen LogP contribution in [0.5, 0.6) is 0 Å². The van der Waals surface area contributed by atoms with E-state index < -0.39 is 0 Å². The molecule has 0 saturated carbocycles. The van der Waals surface area contributed by atoms with Crippen molar-refractivity contribution in [3.8, 4) is 6.07 Å². The Morgan fingerprint density at radius 3 is 2.50 bits per heavy atom. The third-order valence-electron chi connectivity index (χ3n) is 2.07. The molecule has 3 heteroatoms. The minimum Gasteiger partial charge on any atom is -0.356 e. The molecule has 3 nitrogen and oxygen atoms in total. The molecule has 1 atom stereocenters. The lowest BCUT2D eigenvalue weighted by atomic mass is 10.1. The SMILES string of the molecule is CC(C)CCNC(=O)CCC(C)C#N. The zero-order chi connectivity index (χ0) is 11.0. The number of nitrogens with zero attached hydrogens (tertiary/aromatic N) is 1. The van der Waals surface area contributed by atoms with E-state index in [1.807, 2.05) is 6.92 Å². The average Bonchev–Trinajstić information content (AvgIpc) is 2.13. The fourth-order valence-electron chi connectivity index (χ4n) is 1.00. The van der Waals surface area contributed by atoms with E-state index in [4.69, 9.17) is 5.26 Å². The second-order valence-electron chi connectivity index (χ2n) is 4.10. The van der Waals surface area contributed by atoms with Crippen LogP contribution in [-0.2, 0) is 4.79 Å². The van der Waals surface area contributed by atoms with Gasteiger partial charge in [-0.1, -0.05) is 13.8 Å². The Morgan fingerprint density at radius 2 is 2.00 bits per heavy atom. The lowest BCUT2D eigenvalue weighted by Crippen LogP contribution is -2.25. The molecular formula is C11H20N2O. The van der Waals surface area contributed by atoms with Crippen molar-refractivity contribution in [1.29, 1.82) is 5.26 Å². The van der Waals surface area contributed by atoms with E-state index in [2.05, 4.69) is 25.2 Å². The normalized spacial score (nSPS) is 12.2. The van der Waals surface area contributed by atoms with Crippen LogP contribution in [0.3, 0.4) is 0 Å². The van der Waals surface area contributed by atoms with Crippen molar-refractivity contribution in [3.05, 3.63) is 0 Å². The van der Waals surface area contributed by atoms with Gasteiger partial charge in [-0.15, -0.1) is 0 Å². The number of amides is 1. The molecule has 1 N–H and O–H groups in total. The van der Waals surface area contributed by atoms with E-state index in [-0.39, 0.29) is 11.8 Å². The first kappa shape index (κ1) is 13.0. The Bertz CT molecular complexity index is 206. The Morgan fingerprint density at radius 1 is 1.36 bits per heavy atom. The van der Waals surface area contributed by atoms with Crippen molar-refractivity contribution in [1.82, 2.24) is 5.32 Å². The molecule has 0 heterocycles. The molecular weight excluding hydrogens is 176 g/mol. The minimum absolute atomic E-state index is 0.0224. The number of nitrogens with one attached hydrogen (secondary N) is 1. The van der Waals surface area contributed by atoms with E-state index in [9.17, 15) is 4.79 Å². The zero-order valence-electron chi connectivity index (χ0n) is 9.34. The molecule has 80 valence electrons. The molecule has 0 saturated heterocycles. The second kappa shape index (κ2) is 7.37. The summed E-state index contributed by atoms with van der Waals surface area (Å²) in [6, 6.07) is 2.11. The van der Waals surface area contributed by atoms with Gasteiger partial charge in [0, 0.05) is 18.9 Å². The number of hydrogen-bond acceptors (Lipinski definition) is 2. The summed E-state index contributed by atoms with van der Waals surface area (Å²) >= 11 is 0. The average molecular weight is 196 g/mol. The molecule has 1 amide bonds. The molecule has 0 aromatic heterocycles. The summed E-state index contributed by atoms with van der Waals surface area (Å²) < 4.78 is 0. The van der Waals surface area contributed by atoms with Crippen LogP contribution >= 0.6 is 0 Å². The van der Waals surface area contributed by atoms with E-state index >= 15 is 0 Å². The lowest BCUT2D eigenvalue weighted by Gasteiger charge is -2.07. The van der Waals surface area contributed by atoms with Gasteiger partial charge < -0.3 is 5.32 Å². The van der Waals surface area contributed by atoms with Gasteiger partial charge in [-0.2, -0.15) is 5.26 Å². The molecule has 0 aliphatic heterocycles. The van der Waals surface area contributed by atoms with Gasteiger partial charge in [-0.3, -0.25) is 4.79 Å². The van der Waals surface area contributed by atoms with Gasteiger partial charge in [-0.05, 0) is 25.7 Å². The monoisotopic (exact) mass is 196 g/mol. The maximum Gasteiger partial charge on any atom is 0.220 e. The van der Waals surface area contributed by atoms with Gasteiger partial charge in [0.25, 0.3) is 0 Å². The summed E-state index contributed by atoms with van der Waals surface area (Å²) in [5.41, 5.74) is 0. The number of hydrogen-bond donors (Lipinski definition) is 1. The highest BCUT2D eigenvalue weighted by atomic mass is 16.1. The number of carbonyl (C=O) groups is 1. The van der Waals surface area contributed by atoms with Crippen LogP contribution in [0.25, 0.3) is 0 Å². The first-order chi connectivity index (χ1) is 6.56. The zero-order valence-corrected chi connectivity index (χ0v) is 9.34. The molecule has 0 aliphatic carbocycles. The van der Waals surface area contributed by atoms with Crippen LogP contribution in [0.4, 0.5) is 0 Å². The first-order valence-corrected chi connectivity index (χ1v) is 5.22.